The minimum atomic E-state index is -1.84. The number of benzene rings is 3. The van der Waals surface area contributed by atoms with E-state index in [-0.39, 0.29) is 12.1 Å². The van der Waals surface area contributed by atoms with Crippen LogP contribution in [0.1, 0.15) is 16.7 Å². The number of amides is 1. The molecule has 0 aliphatic heterocycles. The van der Waals surface area contributed by atoms with E-state index in [9.17, 15) is 9.90 Å². The van der Waals surface area contributed by atoms with Crippen LogP contribution in [-0.4, -0.2) is 16.0 Å². The van der Waals surface area contributed by atoms with Crippen LogP contribution in [0.15, 0.2) is 97.3 Å². The van der Waals surface area contributed by atoms with Crippen molar-refractivity contribution in [3.63, 3.8) is 0 Å². The molecule has 4 aromatic rings. The fraction of sp³-hybridized carbons (Fsp3) is 0.0741. The maximum Gasteiger partial charge on any atom is 0.261 e. The van der Waals surface area contributed by atoms with Gasteiger partial charge in [0, 0.05) is 24.5 Å². The number of carbonyl (C=O) groups is 1. The summed E-state index contributed by atoms with van der Waals surface area (Å²) < 4.78 is 0. The number of anilines is 2. The van der Waals surface area contributed by atoms with Crippen molar-refractivity contribution >= 4 is 17.3 Å². The van der Waals surface area contributed by atoms with Gasteiger partial charge in [-0.2, -0.15) is 5.26 Å². The Morgan fingerprint density at radius 2 is 1.79 bits per heavy atom. The van der Waals surface area contributed by atoms with Gasteiger partial charge in [-0.3, -0.25) is 9.78 Å². The SMILES string of the molecule is N#Cc1ccc(NC(=O)C(O)(Cc2cccc(-c3cccnc3)c2)c2ccccc2)cc1N. The number of hydrogen-bond acceptors (Lipinski definition) is 5. The topological polar surface area (TPSA) is 112 Å². The lowest BCUT2D eigenvalue weighted by molar-refractivity contribution is -0.135. The molecule has 4 rings (SSSR count). The molecule has 0 fully saturated rings. The predicted molar refractivity (Wildman–Crippen MR) is 128 cm³/mol. The van der Waals surface area contributed by atoms with Crippen molar-refractivity contribution in [3.8, 4) is 17.2 Å². The van der Waals surface area contributed by atoms with E-state index in [0.717, 1.165) is 16.7 Å². The summed E-state index contributed by atoms with van der Waals surface area (Å²) in [7, 11) is 0. The molecule has 1 heterocycles. The smallest absolute Gasteiger partial charge is 0.261 e. The van der Waals surface area contributed by atoms with Gasteiger partial charge in [-0.15, -0.1) is 0 Å². The van der Waals surface area contributed by atoms with Gasteiger partial charge < -0.3 is 16.2 Å². The van der Waals surface area contributed by atoms with E-state index in [1.807, 2.05) is 48.5 Å². The second-order valence-electron chi connectivity index (χ2n) is 7.71. The predicted octanol–water partition coefficient (Wildman–Crippen LogP) is 4.27. The lowest BCUT2D eigenvalue weighted by Crippen LogP contribution is -2.42. The molecule has 3 aromatic carbocycles. The largest absolute Gasteiger partial charge is 0.398 e. The zero-order valence-corrected chi connectivity index (χ0v) is 17.8. The van der Waals surface area contributed by atoms with E-state index >= 15 is 0 Å². The Balaban J connectivity index is 1.68. The molecule has 0 aliphatic carbocycles. The fourth-order valence-electron chi connectivity index (χ4n) is 3.69. The number of aromatic nitrogens is 1. The maximum absolute atomic E-state index is 13.4. The number of pyridine rings is 1. The molecule has 0 radical (unpaired) electrons. The first-order valence-corrected chi connectivity index (χ1v) is 10.4. The third-order valence-corrected chi connectivity index (χ3v) is 5.44. The first kappa shape index (κ1) is 21.8. The molecule has 1 atom stereocenters. The van der Waals surface area contributed by atoms with Crippen molar-refractivity contribution in [2.75, 3.05) is 11.1 Å². The summed E-state index contributed by atoms with van der Waals surface area (Å²) in [6.45, 7) is 0. The Morgan fingerprint density at radius 1 is 1.00 bits per heavy atom. The number of nitrogen functional groups attached to an aromatic ring is 1. The molecule has 1 amide bonds. The van der Waals surface area contributed by atoms with Gasteiger partial charge >= 0.3 is 0 Å². The molecule has 0 spiro atoms. The van der Waals surface area contributed by atoms with E-state index in [1.54, 1.807) is 42.7 Å². The van der Waals surface area contributed by atoms with Gasteiger partial charge in [0.2, 0.25) is 0 Å². The van der Waals surface area contributed by atoms with Gasteiger partial charge in [0.1, 0.15) is 6.07 Å². The van der Waals surface area contributed by atoms with Crippen LogP contribution in [0.3, 0.4) is 0 Å². The Hall–Kier alpha value is -4.47. The molecule has 6 nitrogen and oxygen atoms in total. The summed E-state index contributed by atoms with van der Waals surface area (Å²) >= 11 is 0. The highest BCUT2D eigenvalue weighted by Crippen LogP contribution is 2.30. The highest BCUT2D eigenvalue weighted by molar-refractivity contribution is 5.98. The zero-order chi connectivity index (χ0) is 23.3. The Labute approximate surface area is 192 Å². The number of nitrogens with zero attached hydrogens (tertiary/aromatic N) is 2. The van der Waals surface area contributed by atoms with Gasteiger partial charge in [-0.1, -0.05) is 60.7 Å². The number of nitrogens with two attached hydrogens (primary N) is 1. The van der Waals surface area contributed by atoms with Crippen LogP contribution < -0.4 is 11.1 Å². The van der Waals surface area contributed by atoms with E-state index < -0.39 is 11.5 Å². The van der Waals surface area contributed by atoms with Crippen molar-refractivity contribution in [1.29, 1.82) is 5.26 Å². The number of nitrogens with one attached hydrogen (secondary N) is 1. The van der Waals surface area contributed by atoms with Crippen LogP contribution in [0.5, 0.6) is 0 Å². The molecule has 0 bridgehead atoms. The molecular formula is C27H22N4O2. The van der Waals surface area contributed by atoms with E-state index in [2.05, 4.69) is 10.3 Å². The number of hydrogen-bond donors (Lipinski definition) is 3. The average Bonchev–Trinajstić information content (AvgIpc) is 2.85. The second-order valence-corrected chi connectivity index (χ2v) is 7.71. The summed E-state index contributed by atoms with van der Waals surface area (Å²) in [6.07, 6.45) is 3.54. The van der Waals surface area contributed by atoms with Crippen LogP contribution in [0, 0.1) is 11.3 Å². The molecule has 0 saturated heterocycles. The van der Waals surface area contributed by atoms with Crippen molar-refractivity contribution in [2.45, 2.75) is 12.0 Å². The van der Waals surface area contributed by atoms with E-state index in [0.29, 0.717) is 16.8 Å². The van der Waals surface area contributed by atoms with Crippen LogP contribution in [0.4, 0.5) is 11.4 Å². The third-order valence-electron chi connectivity index (χ3n) is 5.44. The summed E-state index contributed by atoms with van der Waals surface area (Å²) in [5.74, 6) is -0.593. The summed E-state index contributed by atoms with van der Waals surface area (Å²) in [5.41, 5.74) is 8.16. The molecule has 33 heavy (non-hydrogen) atoms. The molecular weight excluding hydrogens is 412 g/mol. The highest BCUT2D eigenvalue weighted by Gasteiger charge is 2.38. The van der Waals surface area contributed by atoms with Crippen LogP contribution in [0.2, 0.25) is 0 Å². The van der Waals surface area contributed by atoms with Crippen molar-refractivity contribution in [1.82, 2.24) is 4.98 Å². The minimum absolute atomic E-state index is 0.0582. The van der Waals surface area contributed by atoms with E-state index in [4.69, 9.17) is 11.0 Å². The van der Waals surface area contributed by atoms with E-state index in [1.165, 1.54) is 12.1 Å². The van der Waals surface area contributed by atoms with Crippen molar-refractivity contribution < 1.29 is 9.90 Å². The number of aliphatic hydroxyl groups is 1. The van der Waals surface area contributed by atoms with Gasteiger partial charge in [-0.05, 0) is 46.5 Å². The molecule has 6 heteroatoms. The lowest BCUT2D eigenvalue weighted by Gasteiger charge is -2.28. The summed E-state index contributed by atoms with van der Waals surface area (Å²) in [6, 6.07) is 26.9. The summed E-state index contributed by atoms with van der Waals surface area (Å²) in [4.78, 5) is 17.5. The van der Waals surface area contributed by atoms with Crippen LogP contribution in [-0.2, 0) is 16.8 Å². The fourth-order valence-corrected chi connectivity index (χ4v) is 3.69. The van der Waals surface area contributed by atoms with Crippen molar-refractivity contribution in [2.24, 2.45) is 0 Å². The lowest BCUT2D eigenvalue weighted by atomic mass is 9.85. The molecule has 1 unspecified atom stereocenters. The number of carbonyl (C=O) groups excluding carboxylic acids is 1. The molecule has 1 aromatic heterocycles. The highest BCUT2D eigenvalue weighted by atomic mass is 16.3. The monoisotopic (exact) mass is 434 g/mol. The third kappa shape index (κ3) is 4.74. The molecule has 0 saturated carbocycles. The quantitative estimate of drug-likeness (QED) is 0.392. The van der Waals surface area contributed by atoms with Crippen molar-refractivity contribution in [3.05, 3.63) is 114 Å². The first-order chi connectivity index (χ1) is 16.0. The van der Waals surface area contributed by atoms with Gasteiger partial charge in [0.15, 0.2) is 5.60 Å². The number of nitriles is 1. The Bertz CT molecular complexity index is 1320. The van der Waals surface area contributed by atoms with Gasteiger partial charge in [0.05, 0.1) is 11.3 Å². The van der Waals surface area contributed by atoms with Gasteiger partial charge in [-0.25, -0.2) is 0 Å². The molecule has 162 valence electrons. The second kappa shape index (κ2) is 9.35. The summed E-state index contributed by atoms with van der Waals surface area (Å²) in [5, 5.41) is 23.5. The standard InChI is InChI=1S/C27H22N4O2/c28-17-21-11-12-24(15-25(21)29)31-26(32)27(33,23-9-2-1-3-10-23)16-19-6-4-7-20(14-19)22-8-5-13-30-18-22/h1-15,18,33H,16,29H2,(H,31,32). The van der Waals surface area contributed by atoms with Crippen LogP contribution in [0.25, 0.3) is 11.1 Å². The molecule has 4 N–H and O–H groups in total. The average molecular weight is 434 g/mol. The van der Waals surface area contributed by atoms with Gasteiger partial charge in [0.25, 0.3) is 5.91 Å². The molecule has 0 aliphatic rings. The minimum Gasteiger partial charge on any atom is -0.398 e. The Kier molecular flexibility index (Phi) is 6.16. The maximum atomic E-state index is 13.4. The van der Waals surface area contributed by atoms with Crippen LogP contribution >= 0.6 is 0 Å². The Morgan fingerprint density at radius 3 is 2.48 bits per heavy atom. The zero-order valence-electron chi connectivity index (χ0n) is 17.8. The normalized spacial score (nSPS) is 12.4. The number of rotatable bonds is 6. The first-order valence-electron chi connectivity index (χ1n) is 10.4.